The molecule has 1 aromatic carbocycles. The van der Waals surface area contributed by atoms with E-state index in [1.54, 1.807) is 0 Å². The smallest absolute Gasteiger partial charge is 0.283 e. The molecule has 0 saturated carbocycles. The summed E-state index contributed by atoms with van der Waals surface area (Å²) in [6.07, 6.45) is -4.47. The van der Waals surface area contributed by atoms with Crippen molar-refractivity contribution in [2.45, 2.75) is 30.7 Å². The second-order valence-corrected chi connectivity index (χ2v) is 6.39. The number of hydrogen-bond donors (Lipinski definition) is 2. The fraction of sp³-hybridized carbons (Fsp3) is 0.278. The van der Waals surface area contributed by atoms with Gasteiger partial charge >= 0.3 is 0 Å². The van der Waals surface area contributed by atoms with Crippen LogP contribution < -0.4 is 11.1 Å². The minimum Gasteiger partial charge on any atom is -0.387 e. The van der Waals surface area contributed by atoms with E-state index in [1.807, 2.05) is 0 Å². The molecule has 0 bridgehead atoms. The third-order valence-electron chi connectivity index (χ3n) is 4.48. The Morgan fingerprint density at radius 3 is 2.52 bits per heavy atom. The maximum absolute atomic E-state index is 14.6. The number of carbonyl (C=O) groups excluding carboxylic acids is 1. The number of aromatic nitrogens is 1. The molecular weight excluding hydrogens is 402 g/mol. The van der Waals surface area contributed by atoms with Gasteiger partial charge in [-0.2, -0.15) is 0 Å². The van der Waals surface area contributed by atoms with E-state index in [2.05, 4.69) is 15.3 Å². The number of pyridine rings is 1. The molecule has 0 radical (unpaired) electrons. The number of anilines is 1. The molecule has 1 aliphatic rings. The molecule has 29 heavy (non-hydrogen) atoms. The highest BCUT2D eigenvalue weighted by Gasteiger charge is 2.63. The van der Waals surface area contributed by atoms with Crippen LogP contribution >= 0.6 is 0 Å². The molecule has 0 aliphatic carbocycles. The highest BCUT2D eigenvalue weighted by Crippen LogP contribution is 2.51. The third kappa shape index (κ3) is 3.64. The van der Waals surface area contributed by atoms with Gasteiger partial charge in [0.1, 0.15) is 17.3 Å². The predicted octanol–water partition coefficient (Wildman–Crippen LogP) is 3.86. The first-order chi connectivity index (χ1) is 13.6. The van der Waals surface area contributed by atoms with Gasteiger partial charge in [0.2, 0.25) is 5.54 Å². The van der Waals surface area contributed by atoms with Gasteiger partial charge in [0.05, 0.1) is 12.0 Å². The molecule has 1 aliphatic heterocycles. The van der Waals surface area contributed by atoms with Crippen LogP contribution in [-0.2, 0) is 5.54 Å². The van der Waals surface area contributed by atoms with Gasteiger partial charge in [0, 0.05) is 24.1 Å². The summed E-state index contributed by atoms with van der Waals surface area (Å²) in [5.74, 6) is -7.49. The number of benzene rings is 1. The Hall–Kier alpha value is -3.11. The van der Waals surface area contributed by atoms with Crippen molar-refractivity contribution in [1.29, 1.82) is 0 Å². The van der Waals surface area contributed by atoms with Crippen LogP contribution in [0, 0.1) is 11.6 Å². The second-order valence-electron chi connectivity index (χ2n) is 6.39. The zero-order chi connectivity index (χ0) is 21.4. The monoisotopic (exact) mass is 416 g/mol. The Labute approximate surface area is 160 Å². The molecule has 1 unspecified atom stereocenters. The molecule has 3 rings (SSSR count). The summed E-state index contributed by atoms with van der Waals surface area (Å²) in [6, 6.07) is 4.32. The van der Waals surface area contributed by atoms with Gasteiger partial charge in [0.25, 0.3) is 18.3 Å². The summed E-state index contributed by atoms with van der Waals surface area (Å²) in [4.78, 5) is 19.0. The largest absolute Gasteiger partial charge is 0.387 e. The van der Waals surface area contributed by atoms with E-state index in [4.69, 9.17) is 5.73 Å². The van der Waals surface area contributed by atoms with Crippen molar-refractivity contribution in [3.63, 3.8) is 0 Å². The SMILES string of the molecule is NC1=NC(c2cc(NC(=O)c3ccc(F)cn3)ccc2F)(C(F)F)C(F)(F)CC1. The standard InChI is InChI=1S/C18H14F6N4O/c19-9-1-4-13(26-8-9)15(29)27-10-2-3-12(20)11(7-10)18(16(21)22)17(23,24)6-5-14(25)28-18/h1-4,7-8,16H,5-6H2,(H2,25,28)(H,27,29). The molecule has 1 aromatic heterocycles. The number of amides is 1. The fourth-order valence-electron chi connectivity index (χ4n) is 3.02. The zero-order valence-electron chi connectivity index (χ0n) is 14.6. The molecule has 0 spiro atoms. The molecule has 2 heterocycles. The number of nitrogens with zero attached hydrogens (tertiary/aromatic N) is 2. The van der Waals surface area contributed by atoms with Gasteiger partial charge < -0.3 is 11.1 Å². The predicted molar refractivity (Wildman–Crippen MR) is 92.0 cm³/mol. The molecular formula is C18H14F6N4O. The summed E-state index contributed by atoms with van der Waals surface area (Å²) in [5, 5.41) is 2.22. The van der Waals surface area contributed by atoms with Crippen LogP contribution in [0.25, 0.3) is 0 Å². The summed E-state index contributed by atoms with van der Waals surface area (Å²) < 4.78 is 84.2. The fourth-order valence-corrected chi connectivity index (χ4v) is 3.02. The van der Waals surface area contributed by atoms with E-state index in [9.17, 15) is 31.1 Å². The minimum absolute atomic E-state index is 0.230. The molecule has 1 atom stereocenters. The lowest BCUT2D eigenvalue weighted by Gasteiger charge is -2.40. The summed E-state index contributed by atoms with van der Waals surface area (Å²) in [7, 11) is 0. The lowest BCUT2D eigenvalue weighted by atomic mass is 9.79. The quantitative estimate of drug-likeness (QED) is 0.743. The number of amidine groups is 1. The highest BCUT2D eigenvalue weighted by molar-refractivity contribution is 6.02. The Morgan fingerprint density at radius 1 is 1.17 bits per heavy atom. The minimum atomic E-state index is -4.09. The number of hydrogen-bond acceptors (Lipinski definition) is 4. The van der Waals surface area contributed by atoms with E-state index >= 15 is 0 Å². The van der Waals surface area contributed by atoms with Crippen molar-refractivity contribution in [3.8, 4) is 0 Å². The zero-order valence-corrected chi connectivity index (χ0v) is 14.6. The Kier molecular flexibility index (Phi) is 5.24. The number of carbonyl (C=O) groups is 1. The normalized spacial score (nSPS) is 21.0. The molecule has 5 nitrogen and oxygen atoms in total. The van der Waals surface area contributed by atoms with Crippen LogP contribution in [0.15, 0.2) is 41.5 Å². The van der Waals surface area contributed by atoms with E-state index < -0.39 is 59.7 Å². The highest BCUT2D eigenvalue weighted by atomic mass is 19.3. The third-order valence-corrected chi connectivity index (χ3v) is 4.48. The van der Waals surface area contributed by atoms with Crippen LogP contribution in [-0.4, -0.2) is 29.1 Å². The topological polar surface area (TPSA) is 80.4 Å². The molecule has 3 N–H and O–H groups in total. The summed E-state index contributed by atoms with van der Waals surface area (Å²) in [5.41, 5.74) is 0.289. The molecule has 0 fully saturated rings. The van der Waals surface area contributed by atoms with Gasteiger partial charge in [-0.05, 0) is 30.3 Å². The van der Waals surface area contributed by atoms with Crippen LogP contribution in [0.5, 0.6) is 0 Å². The van der Waals surface area contributed by atoms with E-state index in [0.29, 0.717) is 12.1 Å². The summed E-state index contributed by atoms with van der Waals surface area (Å²) >= 11 is 0. The number of alkyl halides is 4. The first-order valence-corrected chi connectivity index (χ1v) is 8.30. The molecule has 11 heteroatoms. The second kappa shape index (κ2) is 7.37. The Morgan fingerprint density at radius 2 is 1.90 bits per heavy atom. The molecule has 154 valence electrons. The number of nitrogens with two attached hydrogens (primary N) is 1. The maximum atomic E-state index is 14.6. The average molecular weight is 416 g/mol. The Bertz CT molecular complexity index is 963. The molecule has 0 saturated heterocycles. The van der Waals surface area contributed by atoms with Crippen molar-refractivity contribution in [3.05, 3.63) is 59.4 Å². The number of rotatable bonds is 4. The van der Waals surface area contributed by atoms with Crippen LogP contribution in [0.2, 0.25) is 0 Å². The summed E-state index contributed by atoms with van der Waals surface area (Å²) in [6.45, 7) is 0. The van der Waals surface area contributed by atoms with Crippen LogP contribution in [0.3, 0.4) is 0 Å². The van der Waals surface area contributed by atoms with Gasteiger partial charge in [-0.1, -0.05) is 0 Å². The van der Waals surface area contributed by atoms with E-state index in [-0.39, 0.29) is 11.4 Å². The first-order valence-electron chi connectivity index (χ1n) is 8.30. The van der Waals surface area contributed by atoms with Crippen molar-refractivity contribution >= 4 is 17.4 Å². The van der Waals surface area contributed by atoms with Crippen molar-refractivity contribution in [2.75, 3.05) is 5.32 Å². The van der Waals surface area contributed by atoms with E-state index in [0.717, 1.165) is 24.4 Å². The average Bonchev–Trinajstić information content (AvgIpc) is 2.65. The van der Waals surface area contributed by atoms with Crippen molar-refractivity contribution in [2.24, 2.45) is 10.7 Å². The van der Waals surface area contributed by atoms with Crippen molar-refractivity contribution in [1.82, 2.24) is 4.98 Å². The van der Waals surface area contributed by atoms with E-state index in [1.165, 1.54) is 0 Å². The van der Waals surface area contributed by atoms with Gasteiger partial charge in [-0.3, -0.25) is 4.79 Å². The van der Waals surface area contributed by atoms with Gasteiger partial charge in [-0.25, -0.2) is 36.3 Å². The number of aliphatic imine (C=N–C) groups is 1. The Balaban J connectivity index is 2.05. The van der Waals surface area contributed by atoms with Crippen LogP contribution in [0.1, 0.15) is 28.9 Å². The van der Waals surface area contributed by atoms with Gasteiger partial charge in [0.15, 0.2) is 0 Å². The number of halogens is 6. The van der Waals surface area contributed by atoms with Crippen molar-refractivity contribution < 1.29 is 31.1 Å². The molecule has 1 amide bonds. The number of nitrogens with one attached hydrogen (secondary N) is 1. The lowest BCUT2D eigenvalue weighted by molar-refractivity contribution is -0.145. The van der Waals surface area contributed by atoms with Gasteiger partial charge in [-0.15, -0.1) is 0 Å². The lowest BCUT2D eigenvalue weighted by Crippen LogP contribution is -2.54. The maximum Gasteiger partial charge on any atom is 0.283 e. The first kappa shape index (κ1) is 20.6. The van der Waals surface area contributed by atoms with Crippen LogP contribution in [0.4, 0.5) is 32.0 Å². The molecule has 2 aromatic rings.